The van der Waals surface area contributed by atoms with Crippen molar-refractivity contribution in [1.82, 2.24) is 5.32 Å². The second-order valence-corrected chi connectivity index (χ2v) is 3.99. The maximum atomic E-state index is 12.6. The summed E-state index contributed by atoms with van der Waals surface area (Å²) in [5.41, 5.74) is 0.584. The van der Waals surface area contributed by atoms with Gasteiger partial charge in [-0.3, -0.25) is 0 Å². The number of ether oxygens (including phenoxy) is 1. The Balaban J connectivity index is 2.04. The summed E-state index contributed by atoms with van der Waals surface area (Å²) in [6.07, 6.45) is 0.122. The van der Waals surface area contributed by atoms with Gasteiger partial charge >= 0.3 is 0 Å². The van der Waals surface area contributed by atoms with Gasteiger partial charge in [0.15, 0.2) is 0 Å². The van der Waals surface area contributed by atoms with E-state index in [0.717, 1.165) is 18.6 Å². The highest BCUT2D eigenvalue weighted by atomic mass is 19.3. The third kappa shape index (κ3) is 2.70. The zero-order valence-corrected chi connectivity index (χ0v) is 9.12. The van der Waals surface area contributed by atoms with Crippen LogP contribution in [0.1, 0.15) is 24.4 Å². The van der Waals surface area contributed by atoms with Crippen LogP contribution in [0.3, 0.4) is 0 Å². The molecule has 1 aliphatic rings. The number of nitrogens with one attached hydrogen (secondary N) is 1. The van der Waals surface area contributed by atoms with Gasteiger partial charge in [0.1, 0.15) is 5.75 Å². The van der Waals surface area contributed by atoms with Gasteiger partial charge in [0.25, 0.3) is 6.43 Å². The standard InChI is InChI=1S/C12H15F2NO/c1-15-11(12(13)14)8-2-4-9(5-3-8)16-10-6-7-10/h2-5,10-12,15H,6-7H2,1H3. The Labute approximate surface area is 93.6 Å². The zero-order chi connectivity index (χ0) is 11.5. The Kier molecular flexibility index (Phi) is 3.39. The molecule has 0 spiro atoms. The first-order valence-electron chi connectivity index (χ1n) is 5.42. The van der Waals surface area contributed by atoms with E-state index in [1.165, 1.54) is 7.05 Å². The minimum absolute atomic E-state index is 0.334. The first-order valence-corrected chi connectivity index (χ1v) is 5.42. The summed E-state index contributed by atoms with van der Waals surface area (Å²) in [6.45, 7) is 0. The second-order valence-electron chi connectivity index (χ2n) is 3.99. The van der Waals surface area contributed by atoms with Crippen molar-refractivity contribution in [3.8, 4) is 5.75 Å². The molecule has 0 radical (unpaired) electrons. The van der Waals surface area contributed by atoms with Crippen LogP contribution in [0.15, 0.2) is 24.3 Å². The van der Waals surface area contributed by atoms with Gasteiger partial charge in [-0.2, -0.15) is 0 Å². The van der Waals surface area contributed by atoms with E-state index >= 15 is 0 Å². The molecule has 0 saturated heterocycles. The summed E-state index contributed by atoms with van der Waals surface area (Å²) in [4.78, 5) is 0. The molecule has 0 aliphatic heterocycles. The Morgan fingerprint density at radius 1 is 1.25 bits per heavy atom. The van der Waals surface area contributed by atoms with Gasteiger partial charge in [-0.15, -0.1) is 0 Å². The molecule has 1 atom stereocenters. The molecule has 2 nitrogen and oxygen atoms in total. The molecule has 88 valence electrons. The fourth-order valence-corrected chi connectivity index (χ4v) is 1.57. The topological polar surface area (TPSA) is 21.3 Å². The molecule has 16 heavy (non-hydrogen) atoms. The fraction of sp³-hybridized carbons (Fsp3) is 0.500. The summed E-state index contributed by atoms with van der Waals surface area (Å²) in [5, 5.41) is 2.60. The van der Waals surface area contributed by atoms with Gasteiger partial charge in [0, 0.05) is 0 Å². The molecule has 1 fully saturated rings. The maximum absolute atomic E-state index is 12.6. The number of hydrogen-bond acceptors (Lipinski definition) is 2. The highest BCUT2D eigenvalue weighted by Gasteiger charge is 2.24. The van der Waals surface area contributed by atoms with Gasteiger partial charge in [-0.05, 0) is 37.6 Å². The predicted octanol–water partition coefficient (Wildman–Crippen LogP) is 2.75. The van der Waals surface area contributed by atoms with Crippen molar-refractivity contribution in [3.05, 3.63) is 29.8 Å². The van der Waals surface area contributed by atoms with Gasteiger partial charge < -0.3 is 10.1 Å². The van der Waals surface area contributed by atoms with E-state index in [4.69, 9.17) is 4.74 Å². The molecular weight excluding hydrogens is 212 g/mol. The van der Waals surface area contributed by atoms with E-state index in [1.54, 1.807) is 24.3 Å². The van der Waals surface area contributed by atoms with Crippen LogP contribution in [-0.2, 0) is 0 Å². The van der Waals surface area contributed by atoms with Crippen LogP contribution in [0.2, 0.25) is 0 Å². The molecule has 0 amide bonds. The van der Waals surface area contributed by atoms with Gasteiger partial charge in [0.05, 0.1) is 12.1 Å². The van der Waals surface area contributed by atoms with Crippen LogP contribution >= 0.6 is 0 Å². The zero-order valence-electron chi connectivity index (χ0n) is 9.12. The third-order valence-corrected chi connectivity index (χ3v) is 2.63. The summed E-state index contributed by atoms with van der Waals surface area (Å²) >= 11 is 0. The minimum Gasteiger partial charge on any atom is -0.490 e. The van der Waals surface area contributed by atoms with Crippen LogP contribution in [0.4, 0.5) is 8.78 Å². The lowest BCUT2D eigenvalue weighted by Crippen LogP contribution is -2.23. The quantitative estimate of drug-likeness (QED) is 0.835. The smallest absolute Gasteiger partial charge is 0.257 e. The predicted molar refractivity (Wildman–Crippen MR) is 57.9 cm³/mol. The molecule has 1 unspecified atom stereocenters. The number of hydrogen-bond donors (Lipinski definition) is 1. The van der Waals surface area contributed by atoms with E-state index in [-0.39, 0.29) is 0 Å². The SMILES string of the molecule is CNC(c1ccc(OC2CC2)cc1)C(F)F. The van der Waals surface area contributed by atoms with E-state index in [9.17, 15) is 8.78 Å². The fourth-order valence-electron chi connectivity index (χ4n) is 1.57. The first-order chi connectivity index (χ1) is 7.70. The molecule has 0 aromatic heterocycles. The Bertz CT molecular complexity index is 335. The summed E-state index contributed by atoms with van der Waals surface area (Å²) < 4.78 is 30.8. The molecule has 1 aromatic rings. The summed E-state index contributed by atoms with van der Waals surface area (Å²) in [7, 11) is 1.53. The summed E-state index contributed by atoms with van der Waals surface area (Å²) in [6, 6.07) is 5.96. The van der Waals surface area contributed by atoms with E-state index < -0.39 is 12.5 Å². The monoisotopic (exact) mass is 227 g/mol. The Morgan fingerprint density at radius 2 is 1.88 bits per heavy atom. The van der Waals surface area contributed by atoms with Crippen molar-refractivity contribution < 1.29 is 13.5 Å². The lowest BCUT2D eigenvalue weighted by Gasteiger charge is -2.15. The van der Waals surface area contributed by atoms with E-state index in [1.807, 2.05) is 0 Å². The van der Waals surface area contributed by atoms with Gasteiger partial charge in [-0.1, -0.05) is 12.1 Å². The van der Waals surface area contributed by atoms with Crippen LogP contribution in [0, 0.1) is 0 Å². The highest BCUT2D eigenvalue weighted by molar-refractivity contribution is 5.30. The third-order valence-electron chi connectivity index (χ3n) is 2.63. The van der Waals surface area contributed by atoms with E-state index in [2.05, 4.69) is 5.32 Å². The van der Waals surface area contributed by atoms with Crippen LogP contribution in [0.5, 0.6) is 5.75 Å². The molecule has 1 N–H and O–H groups in total. The van der Waals surface area contributed by atoms with Crippen LogP contribution < -0.4 is 10.1 Å². The van der Waals surface area contributed by atoms with Crippen molar-refractivity contribution in [2.75, 3.05) is 7.05 Å². The Morgan fingerprint density at radius 3 is 2.31 bits per heavy atom. The van der Waals surface area contributed by atoms with E-state index in [0.29, 0.717) is 11.7 Å². The normalized spacial score (nSPS) is 17.5. The Hall–Kier alpha value is -1.16. The first kappa shape index (κ1) is 11.3. The lowest BCUT2D eigenvalue weighted by atomic mass is 10.1. The molecular formula is C12H15F2NO. The molecule has 4 heteroatoms. The maximum Gasteiger partial charge on any atom is 0.257 e. The van der Waals surface area contributed by atoms with Gasteiger partial charge in [0.2, 0.25) is 0 Å². The number of halogens is 2. The largest absolute Gasteiger partial charge is 0.490 e. The van der Waals surface area contributed by atoms with Crippen molar-refractivity contribution in [2.24, 2.45) is 0 Å². The number of benzene rings is 1. The minimum atomic E-state index is -2.40. The van der Waals surface area contributed by atoms with Crippen molar-refractivity contribution in [1.29, 1.82) is 0 Å². The lowest BCUT2D eigenvalue weighted by molar-refractivity contribution is 0.102. The average molecular weight is 227 g/mol. The molecule has 1 aliphatic carbocycles. The molecule has 1 saturated carbocycles. The number of alkyl halides is 2. The molecule has 2 rings (SSSR count). The molecule has 0 heterocycles. The van der Waals surface area contributed by atoms with Gasteiger partial charge in [-0.25, -0.2) is 8.78 Å². The number of rotatable bonds is 5. The highest BCUT2D eigenvalue weighted by Crippen LogP contribution is 2.28. The molecule has 1 aromatic carbocycles. The van der Waals surface area contributed by atoms with Crippen molar-refractivity contribution in [3.63, 3.8) is 0 Å². The molecule has 0 bridgehead atoms. The average Bonchev–Trinajstić information content (AvgIpc) is 3.05. The van der Waals surface area contributed by atoms with Crippen molar-refractivity contribution in [2.45, 2.75) is 31.4 Å². The summed E-state index contributed by atoms with van der Waals surface area (Å²) in [5.74, 6) is 0.760. The van der Waals surface area contributed by atoms with Crippen molar-refractivity contribution >= 4 is 0 Å². The van der Waals surface area contributed by atoms with Crippen LogP contribution in [-0.4, -0.2) is 19.6 Å². The van der Waals surface area contributed by atoms with Crippen LogP contribution in [0.25, 0.3) is 0 Å². The second kappa shape index (κ2) is 4.78.